The number of unbranched alkanes of at least 4 members (excludes halogenated alkanes) is 61. The maximum absolute atomic E-state index is 13.1. The minimum Gasteiger partial charge on any atom is -0.462 e. The van der Waals surface area contributed by atoms with E-state index < -0.39 is 97.5 Å². The van der Waals surface area contributed by atoms with Crippen molar-refractivity contribution in [1.82, 2.24) is 0 Å². The highest BCUT2D eigenvalue weighted by molar-refractivity contribution is 7.47. The van der Waals surface area contributed by atoms with Gasteiger partial charge in [-0.3, -0.25) is 37.3 Å². The van der Waals surface area contributed by atoms with Gasteiger partial charge in [-0.25, -0.2) is 9.13 Å². The number of carbonyl (C=O) groups is 4. The van der Waals surface area contributed by atoms with Crippen LogP contribution in [0.4, 0.5) is 0 Å². The first-order valence-corrected chi connectivity index (χ1v) is 47.8. The summed E-state index contributed by atoms with van der Waals surface area (Å²) in [7, 11) is -9.92. The lowest BCUT2D eigenvalue weighted by atomic mass is 10.0. The van der Waals surface area contributed by atoms with Gasteiger partial charge < -0.3 is 33.8 Å². The van der Waals surface area contributed by atoms with Crippen LogP contribution in [0.15, 0.2) is 0 Å². The predicted molar refractivity (Wildman–Crippen MR) is 432 cm³/mol. The number of aliphatic hydroxyl groups is 1. The van der Waals surface area contributed by atoms with Crippen molar-refractivity contribution in [3.63, 3.8) is 0 Å². The van der Waals surface area contributed by atoms with Gasteiger partial charge in [0.25, 0.3) is 0 Å². The third kappa shape index (κ3) is 79.9. The molecule has 0 aliphatic rings. The minimum atomic E-state index is -4.96. The second-order valence-corrected chi connectivity index (χ2v) is 33.8. The molecule has 0 aliphatic carbocycles. The highest BCUT2D eigenvalue weighted by Gasteiger charge is 2.30. The fraction of sp³-hybridized carbons (Fsp3) is 0.953. The molecule has 105 heavy (non-hydrogen) atoms. The number of carbonyl (C=O) groups excluding carboxylic acids is 4. The molecular formula is C86H168O17P2. The number of aliphatic hydroxyl groups excluding tert-OH is 1. The van der Waals surface area contributed by atoms with Crippen molar-refractivity contribution in [3.05, 3.63) is 0 Å². The molecule has 0 bridgehead atoms. The standard InChI is InChI=1S/C86H168O17P2/c1-5-9-13-17-21-25-28-31-34-37-39-41-44-46-49-52-55-59-63-67-71-84(89)97-77-82(103-86(91)73-69-65-61-57-54-51-48-45-42-40-38-35-32-29-26-22-18-14-10-6-2)79-101-105(94,95)99-75-80(87)74-98-104(92,93)100-78-81(76-96-83(88)70-66-62-58-24-20-16-12-8-4)102-85(90)72-68-64-60-56-53-50-47-43-36-33-30-27-23-19-15-11-7-3/h80-82,87H,5-79H2,1-4H3,(H,92,93)(H,94,95)/t80-,81+,82+/m0/s1. The molecule has 0 aromatic carbocycles. The van der Waals surface area contributed by atoms with Crippen molar-refractivity contribution < 1.29 is 80.2 Å². The molecule has 0 spiro atoms. The number of ether oxygens (including phenoxy) is 4. The molecule has 5 atom stereocenters. The largest absolute Gasteiger partial charge is 0.472 e. The van der Waals surface area contributed by atoms with E-state index >= 15 is 0 Å². The van der Waals surface area contributed by atoms with Crippen molar-refractivity contribution in [1.29, 1.82) is 0 Å². The first kappa shape index (κ1) is 103. The van der Waals surface area contributed by atoms with Gasteiger partial charge in [0.05, 0.1) is 26.4 Å². The molecule has 0 heterocycles. The summed E-state index contributed by atoms with van der Waals surface area (Å²) in [5, 5.41) is 10.7. The Hall–Kier alpha value is -1.94. The minimum absolute atomic E-state index is 0.109. The Morgan fingerprint density at radius 3 is 0.562 bits per heavy atom. The predicted octanol–water partition coefficient (Wildman–Crippen LogP) is 26.5. The summed E-state index contributed by atoms with van der Waals surface area (Å²) in [6.45, 7) is 5.03. The van der Waals surface area contributed by atoms with Crippen LogP contribution in [0.3, 0.4) is 0 Å². The zero-order valence-corrected chi connectivity index (χ0v) is 70.5. The molecule has 0 aliphatic heterocycles. The fourth-order valence-electron chi connectivity index (χ4n) is 13.5. The number of rotatable bonds is 87. The quantitative estimate of drug-likeness (QED) is 0.0222. The van der Waals surface area contributed by atoms with Crippen LogP contribution in [0.5, 0.6) is 0 Å². The molecule has 0 aromatic heterocycles. The molecular weight excluding hydrogens is 1370 g/mol. The molecule has 19 heteroatoms. The molecule has 0 amide bonds. The monoisotopic (exact) mass is 1540 g/mol. The van der Waals surface area contributed by atoms with Crippen LogP contribution >= 0.6 is 15.6 Å². The zero-order valence-electron chi connectivity index (χ0n) is 68.7. The second-order valence-electron chi connectivity index (χ2n) is 30.9. The van der Waals surface area contributed by atoms with Gasteiger partial charge in [0, 0.05) is 25.7 Å². The second kappa shape index (κ2) is 80.1. The third-order valence-electron chi connectivity index (χ3n) is 20.4. The molecule has 3 N–H and O–H groups in total. The van der Waals surface area contributed by atoms with Crippen LogP contribution in [0, 0.1) is 0 Å². The van der Waals surface area contributed by atoms with Crippen molar-refractivity contribution >= 4 is 39.5 Å². The SMILES string of the molecule is CCCCCCCCCCCCCCCCCCCCCCC(=O)OC[C@H](COP(=O)(O)OC[C@@H](O)COP(=O)(O)OC[C@@H](COC(=O)CCCCCCCCCC)OC(=O)CCCCCCCCCCCCCCCCCCC)OC(=O)CCCCCCCCCCCCCCCCCCCCCC. The van der Waals surface area contributed by atoms with Crippen LogP contribution in [0.2, 0.25) is 0 Å². The fourth-order valence-corrected chi connectivity index (χ4v) is 15.1. The van der Waals surface area contributed by atoms with Gasteiger partial charge in [-0.1, -0.05) is 419 Å². The molecule has 0 saturated heterocycles. The lowest BCUT2D eigenvalue weighted by Gasteiger charge is -2.21. The molecule has 0 aromatic rings. The number of hydrogen-bond acceptors (Lipinski definition) is 15. The summed E-state index contributed by atoms with van der Waals surface area (Å²) in [4.78, 5) is 73.1. The van der Waals surface area contributed by atoms with Crippen molar-refractivity contribution in [2.45, 2.75) is 489 Å². The van der Waals surface area contributed by atoms with Gasteiger partial charge in [-0.05, 0) is 25.7 Å². The molecule has 624 valence electrons. The maximum atomic E-state index is 13.1. The first-order chi connectivity index (χ1) is 51.2. The van der Waals surface area contributed by atoms with E-state index in [-0.39, 0.29) is 25.7 Å². The summed E-state index contributed by atoms with van der Waals surface area (Å²) >= 11 is 0. The van der Waals surface area contributed by atoms with E-state index in [2.05, 4.69) is 27.7 Å². The van der Waals surface area contributed by atoms with Gasteiger partial charge in [0.1, 0.15) is 19.3 Å². The summed E-state index contributed by atoms with van der Waals surface area (Å²) in [5.41, 5.74) is 0. The van der Waals surface area contributed by atoms with Crippen LogP contribution in [-0.4, -0.2) is 96.7 Å². The Kier molecular flexibility index (Phi) is 78.6. The van der Waals surface area contributed by atoms with E-state index in [1.54, 1.807) is 0 Å². The Morgan fingerprint density at radius 2 is 0.381 bits per heavy atom. The average Bonchev–Trinajstić information content (AvgIpc) is 0.905. The van der Waals surface area contributed by atoms with E-state index in [0.717, 1.165) is 89.9 Å². The zero-order chi connectivity index (χ0) is 76.7. The summed E-state index contributed by atoms with van der Waals surface area (Å²) in [6.07, 6.45) is 75.2. The number of esters is 4. The van der Waals surface area contributed by atoms with Gasteiger partial charge in [0.2, 0.25) is 0 Å². The molecule has 0 rings (SSSR count). The third-order valence-corrected chi connectivity index (χ3v) is 22.3. The van der Waals surface area contributed by atoms with E-state index in [9.17, 15) is 43.2 Å². The van der Waals surface area contributed by atoms with Crippen molar-refractivity contribution in [3.8, 4) is 0 Å². The Balaban J connectivity index is 5.18. The molecule has 0 radical (unpaired) electrons. The van der Waals surface area contributed by atoms with E-state index in [1.807, 2.05) is 0 Å². The van der Waals surface area contributed by atoms with E-state index in [1.165, 1.54) is 302 Å². The Morgan fingerprint density at radius 1 is 0.229 bits per heavy atom. The lowest BCUT2D eigenvalue weighted by Crippen LogP contribution is -2.30. The van der Waals surface area contributed by atoms with Crippen LogP contribution in [0.1, 0.15) is 471 Å². The average molecular weight is 1540 g/mol. The van der Waals surface area contributed by atoms with Gasteiger partial charge >= 0.3 is 39.5 Å². The maximum Gasteiger partial charge on any atom is 0.472 e. The molecule has 0 saturated carbocycles. The van der Waals surface area contributed by atoms with Gasteiger partial charge in [-0.2, -0.15) is 0 Å². The smallest absolute Gasteiger partial charge is 0.462 e. The topological polar surface area (TPSA) is 237 Å². The molecule has 17 nitrogen and oxygen atoms in total. The lowest BCUT2D eigenvalue weighted by molar-refractivity contribution is -0.161. The van der Waals surface area contributed by atoms with E-state index in [4.69, 9.17) is 37.0 Å². The number of hydrogen-bond donors (Lipinski definition) is 3. The van der Waals surface area contributed by atoms with Gasteiger partial charge in [-0.15, -0.1) is 0 Å². The van der Waals surface area contributed by atoms with Crippen LogP contribution in [-0.2, 0) is 65.4 Å². The van der Waals surface area contributed by atoms with Crippen molar-refractivity contribution in [2.75, 3.05) is 39.6 Å². The highest BCUT2D eigenvalue weighted by Crippen LogP contribution is 2.45. The summed E-state index contributed by atoms with van der Waals surface area (Å²) < 4.78 is 68.8. The Bertz CT molecular complexity index is 1980. The molecule has 0 fully saturated rings. The number of phosphoric acid groups is 2. The van der Waals surface area contributed by atoms with Crippen LogP contribution < -0.4 is 0 Å². The van der Waals surface area contributed by atoms with Crippen molar-refractivity contribution in [2.24, 2.45) is 0 Å². The normalized spacial score (nSPS) is 13.7. The van der Waals surface area contributed by atoms with Crippen LogP contribution in [0.25, 0.3) is 0 Å². The molecule has 2 unspecified atom stereocenters. The highest BCUT2D eigenvalue weighted by atomic mass is 31.2. The summed E-state index contributed by atoms with van der Waals surface area (Å²) in [6, 6.07) is 0. The van der Waals surface area contributed by atoms with Gasteiger partial charge in [0.15, 0.2) is 12.2 Å². The first-order valence-electron chi connectivity index (χ1n) is 44.8. The van der Waals surface area contributed by atoms with E-state index in [0.29, 0.717) is 25.7 Å². The summed E-state index contributed by atoms with van der Waals surface area (Å²) in [5.74, 6) is -2.10. The Labute approximate surface area is 645 Å². The number of phosphoric ester groups is 2.